The molecular formula is C16H18O2S. The molecule has 0 aromatic heterocycles. The molecule has 19 heavy (non-hydrogen) atoms. The first-order valence-corrected chi connectivity index (χ1v) is 8.11. The Morgan fingerprint density at radius 3 is 2.21 bits per heavy atom. The average molecular weight is 274 g/mol. The van der Waals surface area contributed by atoms with Crippen molar-refractivity contribution in [2.24, 2.45) is 0 Å². The minimum atomic E-state index is -3.20. The maximum atomic E-state index is 12.0. The van der Waals surface area contributed by atoms with E-state index >= 15 is 0 Å². The predicted molar refractivity (Wildman–Crippen MR) is 78.3 cm³/mol. The smallest absolute Gasteiger partial charge is 0.176 e. The number of sulfone groups is 1. The van der Waals surface area contributed by atoms with Gasteiger partial charge in [0.2, 0.25) is 0 Å². The zero-order chi connectivity index (χ0) is 14.0. The molecule has 0 fully saturated rings. The molecule has 0 saturated carbocycles. The molecule has 3 heteroatoms. The molecular weight excluding hydrogens is 256 g/mol. The molecule has 0 amide bonds. The highest BCUT2D eigenvalue weighted by atomic mass is 32.2. The summed E-state index contributed by atoms with van der Waals surface area (Å²) in [4.78, 5) is 0.474. The zero-order valence-corrected chi connectivity index (χ0v) is 12.3. The summed E-state index contributed by atoms with van der Waals surface area (Å²) < 4.78 is 24.0. The first-order chi connectivity index (χ1) is 8.88. The Morgan fingerprint density at radius 2 is 1.63 bits per heavy atom. The highest BCUT2D eigenvalue weighted by Crippen LogP contribution is 2.24. The van der Waals surface area contributed by atoms with E-state index in [1.807, 2.05) is 56.3 Å². The second-order valence-corrected chi connectivity index (χ2v) is 6.96. The van der Waals surface area contributed by atoms with Crippen molar-refractivity contribution in [1.29, 1.82) is 0 Å². The molecule has 0 heterocycles. The molecule has 100 valence electrons. The molecule has 0 bridgehead atoms. The van der Waals surface area contributed by atoms with Crippen LogP contribution >= 0.6 is 0 Å². The van der Waals surface area contributed by atoms with Crippen LogP contribution in [0.25, 0.3) is 0 Å². The molecule has 0 aliphatic heterocycles. The molecule has 0 aliphatic rings. The summed E-state index contributed by atoms with van der Waals surface area (Å²) in [5, 5.41) is 0. The molecule has 2 aromatic carbocycles. The van der Waals surface area contributed by atoms with Crippen molar-refractivity contribution < 1.29 is 8.42 Å². The first kappa shape index (κ1) is 13.8. The van der Waals surface area contributed by atoms with Crippen LogP contribution in [0.15, 0.2) is 47.4 Å². The van der Waals surface area contributed by atoms with Gasteiger partial charge < -0.3 is 0 Å². The lowest BCUT2D eigenvalue weighted by molar-refractivity contribution is 0.600. The summed E-state index contributed by atoms with van der Waals surface area (Å²) in [7, 11) is -3.20. The van der Waals surface area contributed by atoms with Crippen molar-refractivity contribution in [3.05, 3.63) is 64.7 Å². The molecule has 0 atom stereocenters. The van der Waals surface area contributed by atoms with Crippen LogP contribution in [0.3, 0.4) is 0 Å². The van der Waals surface area contributed by atoms with Crippen LogP contribution < -0.4 is 0 Å². The lowest BCUT2D eigenvalue weighted by Gasteiger charge is -2.12. The maximum absolute atomic E-state index is 12.0. The fraction of sp³-hybridized carbons (Fsp3) is 0.250. The van der Waals surface area contributed by atoms with Gasteiger partial charge in [-0.2, -0.15) is 0 Å². The maximum Gasteiger partial charge on any atom is 0.176 e. The summed E-state index contributed by atoms with van der Waals surface area (Å²) in [6, 6.07) is 13.8. The van der Waals surface area contributed by atoms with Gasteiger partial charge in [-0.25, -0.2) is 8.42 Å². The molecule has 0 unspecified atom stereocenters. The Hall–Kier alpha value is -1.61. The number of rotatable bonds is 3. The van der Waals surface area contributed by atoms with Crippen molar-refractivity contribution >= 4 is 9.84 Å². The lowest BCUT2D eigenvalue weighted by Crippen LogP contribution is -2.06. The van der Waals surface area contributed by atoms with E-state index in [1.165, 1.54) is 6.26 Å². The van der Waals surface area contributed by atoms with Gasteiger partial charge in [-0.1, -0.05) is 48.0 Å². The minimum Gasteiger partial charge on any atom is -0.224 e. The van der Waals surface area contributed by atoms with Gasteiger partial charge in [-0.05, 0) is 37.0 Å². The van der Waals surface area contributed by atoms with Crippen molar-refractivity contribution in [1.82, 2.24) is 0 Å². The summed E-state index contributed by atoms with van der Waals surface area (Å²) in [5.74, 6) is 0. The predicted octanol–water partition coefficient (Wildman–Crippen LogP) is 3.30. The third kappa shape index (κ3) is 3.24. The third-order valence-corrected chi connectivity index (χ3v) is 4.43. The second-order valence-electron chi connectivity index (χ2n) is 5.00. The molecule has 0 spiro atoms. The van der Waals surface area contributed by atoms with Gasteiger partial charge in [-0.3, -0.25) is 0 Å². The van der Waals surface area contributed by atoms with Gasteiger partial charge in [0.15, 0.2) is 9.84 Å². The van der Waals surface area contributed by atoms with Crippen molar-refractivity contribution in [2.45, 2.75) is 25.2 Å². The summed E-state index contributed by atoms with van der Waals surface area (Å²) in [5.41, 5.74) is 3.92. The topological polar surface area (TPSA) is 34.1 Å². The second kappa shape index (κ2) is 5.17. The fourth-order valence-corrected chi connectivity index (χ4v) is 3.77. The van der Waals surface area contributed by atoms with E-state index in [1.54, 1.807) is 0 Å². The fourth-order valence-electron chi connectivity index (χ4n) is 2.52. The normalized spacial score (nSPS) is 11.5. The van der Waals surface area contributed by atoms with Crippen LogP contribution in [-0.4, -0.2) is 14.7 Å². The Balaban J connectivity index is 2.56. The van der Waals surface area contributed by atoms with Gasteiger partial charge in [0.05, 0.1) is 4.90 Å². The van der Waals surface area contributed by atoms with Crippen LogP contribution in [-0.2, 0) is 16.3 Å². The number of aryl methyl sites for hydroxylation is 2. The monoisotopic (exact) mass is 274 g/mol. The molecule has 2 aromatic rings. The van der Waals surface area contributed by atoms with Crippen LogP contribution in [0.2, 0.25) is 0 Å². The highest BCUT2D eigenvalue weighted by Gasteiger charge is 2.17. The molecule has 2 rings (SSSR count). The summed E-state index contributed by atoms with van der Waals surface area (Å²) in [6.07, 6.45) is 1.92. The first-order valence-electron chi connectivity index (χ1n) is 6.22. The van der Waals surface area contributed by atoms with E-state index in [2.05, 4.69) is 0 Å². The Labute approximate surface area is 115 Å². The van der Waals surface area contributed by atoms with Crippen LogP contribution in [0.1, 0.15) is 22.3 Å². The van der Waals surface area contributed by atoms with E-state index in [9.17, 15) is 8.42 Å². The van der Waals surface area contributed by atoms with Crippen molar-refractivity contribution in [3.63, 3.8) is 0 Å². The standard InChI is InChI=1S/C16H18O2S/c1-12-9-13(2)16(19(3,17)18)15(10-12)11-14-7-5-4-6-8-14/h4-10H,11H2,1-3H3. The largest absolute Gasteiger partial charge is 0.224 e. The summed E-state index contributed by atoms with van der Waals surface area (Å²) in [6.45, 7) is 3.85. The van der Waals surface area contributed by atoms with E-state index in [0.29, 0.717) is 11.3 Å². The van der Waals surface area contributed by atoms with Crippen LogP contribution in [0, 0.1) is 13.8 Å². The Kier molecular flexibility index (Phi) is 3.76. The third-order valence-electron chi connectivity index (χ3n) is 3.10. The SMILES string of the molecule is Cc1cc(C)c(S(C)(=O)=O)c(Cc2ccccc2)c1. The quantitative estimate of drug-likeness (QED) is 0.860. The van der Waals surface area contributed by atoms with Crippen LogP contribution in [0.5, 0.6) is 0 Å². The van der Waals surface area contributed by atoms with Gasteiger partial charge in [0, 0.05) is 6.26 Å². The number of hydrogen-bond donors (Lipinski definition) is 0. The molecule has 0 saturated heterocycles. The summed E-state index contributed by atoms with van der Waals surface area (Å²) >= 11 is 0. The van der Waals surface area contributed by atoms with Crippen molar-refractivity contribution in [2.75, 3.05) is 6.26 Å². The molecule has 0 radical (unpaired) electrons. The molecule has 0 aliphatic carbocycles. The van der Waals surface area contributed by atoms with E-state index in [0.717, 1.165) is 22.3 Å². The van der Waals surface area contributed by atoms with Crippen molar-refractivity contribution in [3.8, 4) is 0 Å². The van der Waals surface area contributed by atoms with E-state index < -0.39 is 9.84 Å². The highest BCUT2D eigenvalue weighted by molar-refractivity contribution is 7.90. The Morgan fingerprint density at radius 1 is 1.00 bits per heavy atom. The average Bonchev–Trinajstić information content (AvgIpc) is 2.27. The van der Waals surface area contributed by atoms with Gasteiger partial charge >= 0.3 is 0 Å². The van der Waals surface area contributed by atoms with E-state index in [-0.39, 0.29) is 0 Å². The molecule has 0 N–H and O–H groups in total. The van der Waals surface area contributed by atoms with Crippen LogP contribution in [0.4, 0.5) is 0 Å². The van der Waals surface area contributed by atoms with E-state index in [4.69, 9.17) is 0 Å². The van der Waals surface area contributed by atoms with Gasteiger partial charge in [0.25, 0.3) is 0 Å². The zero-order valence-electron chi connectivity index (χ0n) is 11.5. The number of hydrogen-bond acceptors (Lipinski definition) is 2. The van der Waals surface area contributed by atoms with Gasteiger partial charge in [0.1, 0.15) is 0 Å². The minimum absolute atomic E-state index is 0.474. The lowest BCUT2D eigenvalue weighted by atomic mass is 10.0. The Bertz CT molecular complexity index is 686. The number of benzene rings is 2. The van der Waals surface area contributed by atoms with Gasteiger partial charge in [-0.15, -0.1) is 0 Å². The molecule has 2 nitrogen and oxygen atoms in total.